The van der Waals surface area contributed by atoms with Gasteiger partial charge in [-0.15, -0.1) is 0 Å². The smallest absolute Gasteiger partial charge is 0.0378 e. The second-order valence-electron chi connectivity index (χ2n) is 6.60. The normalized spacial score (nSPS) is 13.0. The zero-order valence-electron chi connectivity index (χ0n) is 14.1. The van der Waals surface area contributed by atoms with Crippen LogP contribution in [0.3, 0.4) is 0 Å². The van der Waals surface area contributed by atoms with E-state index in [1.807, 2.05) is 6.92 Å². The van der Waals surface area contributed by atoms with Crippen molar-refractivity contribution in [2.45, 2.75) is 33.2 Å². The Kier molecular flexibility index (Phi) is 7.71. The molecular weight excluding hydrogens is 326 g/mol. The Labute approximate surface area is 138 Å². The summed E-state index contributed by atoms with van der Waals surface area (Å²) < 4.78 is 1.16. The van der Waals surface area contributed by atoms with Gasteiger partial charge in [-0.25, -0.2) is 0 Å². The van der Waals surface area contributed by atoms with Crippen LogP contribution in [0.4, 0.5) is 5.69 Å². The van der Waals surface area contributed by atoms with Crippen LogP contribution in [-0.4, -0.2) is 44.7 Å². The zero-order valence-corrected chi connectivity index (χ0v) is 15.7. The van der Waals surface area contributed by atoms with Gasteiger partial charge in [0.15, 0.2) is 0 Å². The van der Waals surface area contributed by atoms with Crippen LogP contribution in [0.5, 0.6) is 0 Å². The molecule has 2 N–H and O–H groups in total. The minimum absolute atomic E-state index is 0.188. The molecule has 0 aliphatic rings. The highest BCUT2D eigenvalue weighted by Gasteiger charge is 2.11. The van der Waals surface area contributed by atoms with Crippen LogP contribution in [0.15, 0.2) is 22.7 Å². The van der Waals surface area contributed by atoms with E-state index in [-0.39, 0.29) is 6.04 Å². The maximum atomic E-state index is 5.90. The summed E-state index contributed by atoms with van der Waals surface area (Å²) in [6, 6.07) is 6.84. The third kappa shape index (κ3) is 6.81. The molecule has 0 aliphatic carbocycles. The molecule has 0 amide bonds. The molecule has 0 aliphatic heterocycles. The lowest BCUT2D eigenvalue weighted by molar-refractivity contribution is 0.409. The Bertz CT molecular complexity index is 430. The Morgan fingerprint density at radius 1 is 1.14 bits per heavy atom. The number of hydrogen-bond donors (Lipinski definition) is 1. The molecule has 0 saturated heterocycles. The zero-order chi connectivity index (χ0) is 16.0. The minimum Gasteiger partial charge on any atom is -0.370 e. The van der Waals surface area contributed by atoms with E-state index < -0.39 is 0 Å². The van der Waals surface area contributed by atoms with Gasteiger partial charge in [-0.05, 0) is 51.1 Å². The molecular formula is C17H30BrN3. The Morgan fingerprint density at radius 3 is 2.29 bits per heavy atom. The standard InChI is InChI=1S/C17H30BrN3/c1-13(2)12-21(9-8-20(4)5)16-7-6-15(10-14(3)19)17(18)11-16/h6-7,11,13-14H,8-10,12,19H2,1-5H3. The highest BCUT2D eigenvalue weighted by molar-refractivity contribution is 9.10. The van der Waals surface area contributed by atoms with Crippen LogP contribution in [0.2, 0.25) is 0 Å². The predicted molar refractivity (Wildman–Crippen MR) is 97.1 cm³/mol. The van der Waals surface area contributed by atoms with Crippen molar-refractivity contribution in [1.29, 1.82) is 0 Å². The highest BCUT2D eigenvalue weighted by Crippen LogP contribution is 2.25. The highest BCUT2D eigenvalue weighted by atomic mass is 79.9. The summed E-state index contributed by atoms with van der Waals surface area (Å²) in [6.45, 7) is 9.76. The van der Waals surface area contributed by atoms with Crippen molar-refractivity contribution in [3.8, 4) is 0 Å². The summed E-state index contributed by atoms with van der Waals surface area (Å²) in [4.78, 5) is 4.69. The quantitative estimate of drug-likeness (QED) is 0.775. The number of benzene rings is 1. The van der Waals surface area contributed by atoms with E-state index in [0.717, 1.165) is 30.5 Å². The first-order chi connectivity index (χ1) is 9.79. The topological polar surface area (TPSA) is 32.5 Å². The number of hydrogen-bond acceptors (Lipinski definition) is 3. The fourth-order valence-electron chi connectivity index (χ4n) is 2.33. The molecule has 120 valence electrons. The summed E-state index contributed by atoms with van der Waals surface area (Å²) in [5, 5.41) is 0. The summed E-state index contributed by atoms with van der Waals surface area (Å²) >= 11 is 3.70. The van der Waals surface area contributed by atoms with Crippen molar-refractivity contribution in [1.82, 2.24) is 4.90 Å². The lowest BCUT2D eigenvalue weighted by Crippen LogP contribution is -2.34. The minimum atomic E-state index is 0.188. The first kappa shape index (κ1) is 18.5. The molecule has 21 heavy (non-hydrogen) atoms. The van der Waals surface area contributed by atoms with E-state index in [0.29, 0.717) is 5.92 Å². The molecule has 0 aromatic heterocycles. The first-order valence-electron chi connectivity index (χ1n) is 7.73. The van der Waals surface area contributed by atoms with Crippen LogP contribution in [0, 0.1) is 5.92 Å². The van der Waals surface area contributed by atoms with Gasteiger partial charge >= 0.3 is 0 Å². The van der Waals surface area contributed by atoms with E-state index >= 15 is 0 Å². The van der Waals surface area contributed by atoms with Crippen LogP contribution in [0.25, 0.3) is 0 Å². The number of nitrogens with two attached hydrogens (primary N) is 1. The van der Waals surface area contributed by atoms with Gasteiger partial charge in [0.2, 0.25) is 0 Å². The largest absolute Gasteiger partial charge is 0.370 e. The van der Waals surface area contributed by atoms with Gasteiger partial charge in [0.1, 0.15) is 0 Å². The molecule has 0 radical (unpaired) electrons. The lowest BCUT2D eigenvalue weighted by Gasteiger charge is -2.28. The van der Waals surface area contributed by atoms with Crippen molar-refractivity contribution in [3.05, 3.63) is 28.2 Å². The van der Waals surface area contributed by atoms with Gasteiger partial charge in [-0.1, -0.05) is 35.8 Å². The van der Waals surface area contributed by atoms with Gasteiger partial charge in [0, 0.05) is 35.8 Å². The third-order valence-corrected chi connectivity index (χ3v) is 4.08. The van der Waals surface area contributed by atoms with Crippen LogP contribution >= 0.6 is 15.9 Å². The number of likely N-dealkylation sites (N-methyl/N-ethyl adjacent to an activating group) is 1. The van der Waals surface area contributed by atoms with Crippen molar-refractivity contribution < 1.29 is 0 Å². The molecule has 0 saturated carbocycles. The molecule has 0 bridgehead atoms. The fourth-order valence-corrected chi connectivity index (χ4v) is 2.86. The SMILES string of the molecule is CC(C)CN(CCN(C)C)c1ccc(CC(C)N)c(Br)c1. The second kappa shape index (κ2) is 8.76. The molecule has 1 aromatic rings. The van der Waals surface area contributed by atoms with Crippen molar-refractivity contribution in [2.24, 2.45) is 11.7 Å². The summed E-state index contributed by atoms with van der Waals surface area (Å²) in [5.74, 6) is 0.648. The Morgan fingerprint density at radius 2 is 1.81 bits per heavy atom. The number of rotatable bonds is 8. The molecule has 1 unspecified atom stereocenters. The molecule has 1 rings (SSSR count). The third-order valence-electron chi connectivity index (χ3n) is 3.35. The van der Waals surface area contributed by atoms with Gasteiger partial charge in [-0.2, -0.15) is 0 Å². The number of halogens is 1. The van der Waals surface area contributed by atoms with Crippen LogP contribution < -0.4 is 10.6 Å². The van der Waals surface area contributed by atoms with Crippen molar-refractivity contribution >= 4 is 21.6 Å². The van der Waals surface area contributed by atoms with E-state index in [2.05, 4.69) is 71.9 Å². The van der Waals surface area contributed by atoms with Crippen molar-refractivity contribution in [3.63, 3.8) is 0 Å². The molecule has 3 nitrogen and oxygen atoms in total. The van der Waals surface area contributed by atoms with Gasteiger partial charge in [-0.3, -0.25) is 0 Å². The average molecular weight is 356 g/mol. The monoisotopic (exact) mass is 355 g/mol. The molecule has 4 heteroatoms. The Balaban J connectivity index is 2.88. The molecule has 1 aromatic carbocycles. The lowest BCUT2D eigenvalue weighted by atomic mass is 10.1. The maximum absolute atomic E-state index is 5.90. The van der Waals surface area contributed by atoms with E-state index in [1.165, 1.54) is 11.3 Å². The summed E-state index contributed by atoms with van der Waals surface area (Å²) in [7, 11) is 4.24. The summed E-state index contributed by atoms with van der Waals surface area (Å²) in [5.41, 5.74) is 8.47. The predicted octanol–water partition coefficient (Wildman–Crippen LogP) is 3.36. The number of nitrogens with zero attached hydrogens (tertiary/aromatic N) is 2. The summed E-state index contributed by atoms with van der Waals surface area (Å²) in [6.07, 6.45) is 0.905. The molecule has 0 spiro atoms. The maximum Gasteiger partial charge on any atom is 0.0378 e. The second-order valence-corrected chi connectivity index (χ2v) is 7.45. The first-order valence-corrected chi connectivity index (χ1v) is 8.52. The van der Waals surface area contributed by atoms with E-state index in [9.17, 15) is 0 Å². The Hall–Kier alpha value is -0.580. The van der Waals surface area contributed by atoms with E-state index in [1.54, 1.807) is 0 Å². The van der Waals surface area contributed by atoms with Gasteiger partial charge in [0.05, 0.1) is 0 Å². The molecule has 0 heterocycles. The number of anilines is 1. The van der Waals surface area contributed by atoms with Gasteiger partial charge in [0.25, 0.3) is 0 Å². The van der Waals surface area contributed by atoms with Crippen LogP contribution in [-0.2, 0) is 6.42 Å². The van der Waals surface area contributed by atoms with Crippen LogP contribution in [0.1, 0.15) is 26.3 Å². The van der Waals surface area contributed by atoms with Gasteiger partial charge < -0.3 is 15.5 Å². The fraction of sp³-hybridized carbons (Fsp3) is 0.647. The van der Waals surface area contributed by atoms with Crippen molar-refractivity contribution in [2.75, 3.05) is 38.6 Å². The molecule has 0 fully saturated rings. The average Bonchev–Trinajstić information content (AvgIpc) is 2.36. The van der Waals surface area contributed by atoms with E-state index in [4.69, 9.17) is 5.73 Å². The molecule has 1 atom stereocenters.